The van der Waals surface area contributed by atoms with Gasteiger partial charge in [0.2, 0.25) is 0 Å². The molecule has 0 saturated heterocycles. The summed E-state index contributed by atoms with van der Waals surface area (Å²) < 4.78 is 36.8. The molecule has 2 aromatic carbocycles. The van der Waals surface area contributed by atoms with E-state index in [4.69, 9.17) is 4.74 Å². The predicted octanol–water partition coefficient (Wildman–Crippen LogP) is 5.27. The fourth-order valence-corrected chi connectivity index (χ4v) is 4.88. The first-order valence-electron chi connectivity index (χ1n) is 9.37. The minimum Gasteiger partial charge on any atom is -0.492 e. The predicted molar refractivity (Wildman–Crippen MR) is 121 cm³/mol. The molecule has 4 rings (SSSR count). The number of ether oxygens (including phenoxy) is 1. The molecule has 0 bridgehead atoms. The largest absolute Gasteiger partial charge is 0.492 e. The highest BCUT2D eigenvalue weighted by Crippen LogP contribution is 2.30. The molecule has 2 aromatic heterocycles. The molecular weight excluding hydrogens is 466 g/mol. The van der Waals surface area contributed by atoms with Crippen LogP contribution in [0.1, 0.15) is 12.5 Å². The van der Waals surface area contributed by atoms with Gasteiger partial charge in [0.05, 0.1) is 12.3 Å². The molecule has 30 heavy (non-hydrogen) atoms. The van der Waals surface area contributed by atoms with E-state index in [9.17, 15) is 8.42 Å². The van der Waals surface area contributed by atoms with Gasteiger partial charge in [-0.2, -0.15) is 0 Å². The Balaban J connectivity index is 1.68. The van der Waals surface area contributed by atoms with Crippen LogP contribution >= 0.6 is 15.9 Å². The molecule has 0 aliphatic carbocycles. The smallest absolute Gasteiger partial charge is 0.265 e. The second-order valence-electron chi connectivity index (χ2n) is 6.81. The number of nitrogens with one attached hydrogen (secondary N) is 1. The summed E-state index contributed by atoms with van der Waals surface area (Å²) >= 11 is 3.33. The number of anilines is 1. The van der Waals surface area contributed by atoms with Crippen molar-refractivity contribution in [3.8, 4) is 17.0 Å². The summed E-state index contributed by atoms with van der Waals surface area (Å²) in [5, 5.41) is 0. The molecule has 0 amide bonds. The molecule has 0 radical (unpaired) electrons. The molecule has 0 spiro atoms. The number of rotatable bonds is 6. The van der Waals surface area contributed by atoms with Crippen LogP contribution in [0, 0.1) is 6.92 Å². The highest BCUT2D eigenvalue weighted by Gasteiger charge is 2.21. The van der Waals surface area contributed by atoms with Crippen molar-refractivity contribution in [2.75, 3.05) is 11.3 Å². The van der Waals surface area contributed by atoms with Crippen molar-refractivity contribution in [3.05, 3.63) is 77.0 Å². The molecule has 154 valence electrons. The first-order chi connectivity index (χ1) is 14.4. The molecule has 0 aliphatic rings. The van der Waals surface area contributed by atoms with Gasteiger partial charge >= 0.3 is 0 Å². The normalized spacial score (nSPS) is 11.6. The van der Waals surface area contributed by atoms with Crippen LogP contribution in [0.3, 0.4) is 0 Å². The highest BCUT2D eigenvalue weighted by atomic mass is 79.9. The Morgan fingerprint density at radius 1 is 1.13 bits per heavy atom. The van der Waals surface area contributed by atoms with Crippen LogP contribution in [0.25, 0.3) is 16.9 Å². The number of halogens is 1. The third-order valence-electron chi connectivity index (χ3n) is 4.52. The van der Waals surface area contributed by atoms with Gasteiger partial charge in [-0.25, -0.2) is 13.4 Å². The zero-order valence-electron chi connectivity index (χ0n) is 16.5. The van der Waals surface area contributed by atoms with Crippen molar-refractivity contribution < 1.29 is 13.2 Å². The van der Waals surface area contributed by atoms with Crippen molar-refractivity contribution in [2.45, 2.75) is 18.7 Å². The number of pyridine rings is 1. The lowest BCUT2D eigenvalue weighted by atomic mass is 10.1. The van der Waals surface area contributed by atoms with Gasteiger partial charge in [0.25, 0.3) is 10.0 Å². The molecule has 0 unspecified atom stereocenters. The van der Waals surface area contributed by atoms with E-state index in [1.165, 1.54) is 6.07 Å². The number of imidazole rings is 1. The molecule has 0 aliphatic heterocycles. The Labute approximate surface area is 183 Å². The van der Waals surface area contributed by atoms with E-state index in [2.05, 4.69) is 25.6 Å². The van der Waals surface area contributed by atoms with Crippen LogP contribution in [0.4, 0.5) is 5.69 Å². The Kier molecular flexibility index (Phi) is 5.53. The molecule has 4 aromatic rings. The number of hydrogen-bond donors (Lipinski definition) is 1. The molecule has 0 atom stereocenters. The number of benzene rings is 2. The third kappa shape index (κ3) is 4.20. The molecular formula is C22H20BrN3O3S. The van der Waals surface area contributed by atoms with Crippen LogP contribution in [0.15, 0.2) is 76.4 Å². The molecule has 8 heteroatoms. The third-order valence-corrected chi connectivity index (χ3v) is 6.42. The van der Waals surface area contributed by atoms with Crippen molar-refractivity contribution in [2.24, 2.45) is 0 Å². The lowest BCUT2D eigenvalue weighted by Gasteiger charge is -2.13. The summed E-state index contributed by atoms with van der Waals surface area (Å²) in [6, 6.07) is 16.1. The number of sulfonamides is 1. The molecule has 6 nitrogen and oxygen atoms in total. The maximum atomic E-state index is 13.0. The van der Waals surface area contributed by atoms with Crippen molar-refractivity contribution in [3.63, 3.8) is 0 Å². The molecule has 0 saturated carbocycles. The second kappa shape index (κ2) is 8.12. The summed E-state index contributed by atoms with van der Waals surface area (Å²) in [5.74, 6) is 0.306. The average molecular weight is 486 g/mol. The van der Waals surface area contributed by atoms with Crippen LogP contribution in [0.2, 0.25) is 0 Å². The minimum atomic E-state index is -3.85. The lowest BCUT2D eigenvalue weighted by molar-refractivity contribution is 0.331. The van der Waals surface area contributed by atoms with E-state index in [0.717, 1.165) is 22.5 Å². The Hall–Kier alpha value is -2.84. The van der Waals surface area contributed by atoms with Gasteiger partial charge in [-0.15, -0.1) is 0 Å². The SMILES string of the molecule is CCOc1ccc(Br)cc1S(=O)(=O)Nc1cccc(-c2cn3ccc(C)cc3n2)c1. The van der Waals surface area contributed by atoms with Gasteiger partial charge in [0, 0.05) is 28.1 Å². The van der Waals surface area contributed by atoms with E-state index in [-0.39, 0.29) is 4.90 Å². The van der Waals surface area contributed by atoms with Crippen LogP contribution in [0.5, 0.6) is 5.75 Å². The van der Waals surface area contributed by atoms with Gasteiger partial charge < -0.3 is 9.14 Å². The average Bonchev–Trinajstić information content (AvgIpc) is 3.12. The molecule has 1 N–H and O–H groups in total. The fraction of sp³-hybridized carbons (Fsp3) is 0.136. The van der Waals surface area contributed by atoms with Crippen LogP contribution in [-0.4, -0.2) is 24.4 Å². The van der Waals surface area contributed by atoms with Crippen LogP contribution in [-0.2, 0) is 10.0 Å². The zero-order valence-corrected chi connectivity index (χ0v) is 18.9. The Morgan fingerprint density at radius 3 is 2.77 bits per heavy atom. The minimum absolute atomic E-state index is 0.0762. The van der Waals surface area contributed by atoms with Crippen molar-refractivity contribution in [1.82, 2.24) is 9.38 Å². The maximum Gasteiger partial charge on any atom is 0.265 e. The Bertz CT molecular complexity index is 1330. The standard InChI is InChI=1S/C22H20BrN3O3S/c1-3-29-20-8-7-17(23)13-21(20)30(27,28)25-18-6-4-5-16(12-18)19-14-26-10-9-15(2)11-22(26)24-19/h4-14,25H,3H2,1-2H3. The van der Waals surface area contributed by atoms with Gasteiger partial charge in [0.1, 0.15) is 16.3 Å². The van der Waals surface area contributed by atoms with Gasteiger partial charge in [-0.05, 0) is 61.9 Å². The first-order valence-corrected chi connectivity index (χ1v) is 11.6. The first kappa shape index (κ1) is 20.4. The monoisotopic (exact) mass is 485 g/mol. The van der Waals surface area contributed by atoms with Gasteiger partial charge in [0.15, 0.2) is 0 Å². The van der Waals surface area contributed by atoms with Crippen molar-refractivity contribution in [1.29, 1.82) is 0 Å². The number of fused-ring (bicyclic) bond motifs is 1. The van der Waals surface area contributed by atoms with E-state index < -0.39 is 10.0 Å². The van der Waals surface area contributed by atoms with E-state index in [0.29, 0.717) is 22.5 Å². The maximum absolute atomic E-state index is 13.0. The fourth-order valence-electron chi connectivity index (χ4n) is 3.14. The summed E-state index contributed by atoms with van der Waals surface area (Å²) in [7, 11) is -3.85. The number of hydrogen-bond acceptors (Lipinski definition) is 4. The summed E-state index contributed by atoms with van der Waals surface area (Å²) in [6.45, 7) is 4.20. The van der Waals surface area contributed by atoms with Crippen LogP contribution < -0.4 is 9.46 Å². The van der Waals surface area contributed by atoms with Crippen molar-refractivity contribution >= 4 is 37.3 Å². The molecule has 0 fully saturated rings. The lowest BCUT2D eigenvalue weighted by Crippen LogP contribution is -2.14. The Morgan fingerprint density at radius 2 is 1.97 bits per heavy atom. The number of nitrogens with zero attached hydrogens (tertiary/aromatic N) is 2. The quantitative estimate of drug-likeness (QED) is 0.403. The molecule has 2 heterocycles. The van der Waals surface area contributed by atoms with Gasteiger partial charge in [-0.1, -0.05) is 28.1 Å². The number of aromatic nitrogens is 2. The topological polar surface area (TPSA) is 72.7 Å². The van der Waals surface area contributed by atoms with E-state index in [1.54, 1.807) is 30.3 Å². The zero-order chi connectivity index (χ0) is 21.3. The summed E-state index contributed by atoms with van der Waals surface area (Å²) in [4.78, 5) is 4.73. The number of aryl methyl sites for hydroxylation is 1. The van der Waals surface area contributed by atoms with E-state index in [1.807, 2.05) is 48.8 Å². The second-order valence-corrected chi connectivity index (χ2v) is 9.37. The van der Waals surface area contributed by atoms with Gasteiger partial charge in [-0.3, -0.25) is 4.72 Å². The van der Waals surface area contributed by atoms with E-state index >= 15 is 0 Å². The summed E-state index contributed by atoms with van der Waals surface area (Å²) in [6.07, 6.45) is 3.88. The summed E-state index contributed by atoms with van der Waals surface area (Å²) in [5.41, 5.74) is 3.99. The highest BCUT2D eigenvalue weighted by molar-refractivity contribution is 9.10.